The predicted molar refractivity (Wildman–Crippen MR) is 126 cm³/mol. The Bertz CT molecular complexity index is 1170. The Labute approximate surface area is 195 Å². The molecule has 0 saturated carbocycles. The van der Waals surface area contributed by atoms with E-state index in [2.05, 4.69) is 15.9 Å². The molecule has 0 bridgehead atoms. The van der Waals surface area contributed by atoms with Gasteiger partial charge in [0, 0.05) is 32.8 Å². The lowest BCUT2D eigenvalue weighted by molar-refractivity contribution is -0.143. The largest absolute Gasteiger partial charge is 0.490 e. The van der Waals surface area contributed by atoms with E-state index in [1.807, 2.05) is 44.2 Å². The second-order valence-electron chi connectivity index (χ2n) is 7.56. The van der Waals surface area contributed by atoms with E-state index in [0.29, 0.717) is 51.7 Å². The number of ketones is 1. The summed E-state index contributed by atoms with van der Waals surface area (Å²) in [6.07, 6.45) is 0. The fourth-order valence-electron chi connectivity index (χ4n) is 4.44. The van der Waals surface area contributed by atoms with Gasteiger partial charge in [-0.2, -0.15) is 0 Å². The highest BCUT2D eigenvalue weighted by atomic mass is 79.9. The van der Waals surface area contributed by atoms with Gasteiger partial charge in [-0.3, -0.25) is 14.6 Å². The smallest absolute Gasteiger partial charge is 0.315 e. The second-order valence-corrected chi connectivity index (χ2v) is 8.41. The van der Waals surface area contributed by atoms with Crippen LogP contribution in [0, 0.1) is 5.92 Å². The third-order valence-corrected chi connectivity index (χ3v) is 6.45. The van der Waals surface area contributed by atoms with E-state index < -0.39 is 17.8 Å². The summed E-state index contributed by atoms with van der Waals surface area (Å²) in [6.45, 7) is 6.52. The quantitative estimate of drug-likeness (QED) is 0.512. The molecule has 1 aliphatic heterocycles. The summed E-state index contributed by atoms with van der Waals surface area (Å²) in [6, 6.07) is 11.1. The SMILES string of the molecule is CCOc1cc(Br)c(C2C3=C(N=C(C)C2C(=O)OC)c2ccccc2C3=O)cc1OCC. The van der Waals surface area contributed by atoms with Gasteiger partial charge in [-0.1, -0.05) is 40.2 Å². The van der Waals surface area contributed by atoms with Gasteiger partial charge in [-0.05, 0) is 38.5 Å². The zero-order valence-corrected chi connectivity index (χ0v) is 20.0. The van der Waals surface area contributed by atoms with E-state index in [-0.39, 0.29) is 5.78 Å². The monoisotopic (exact) mass is 497 g/mol. The van der Waals surface area contributed by atoms with Crippen molar-refractivity contribution in [3.63, 3.8) is 0 Å². The molecule has 1 aliphatic carbocycles. The number of hydrogen-bond donors (Lipinski definition) is 0. The maximum atomic E-state index is 13.5. The Balaban J connectivity index is 1.96. The molecule has 166 valence electrons. The average Bonchev–Trinajstić information content (AvgIpc) is 3.06. The van der Waals surface area contributed by atoms with Crippen LogP contribution < -0.4 is 9.47 Å². The van der Waals surface area contributed by atoms with Crippen LogP contribution in [0.15, 0.2) is 51.4 Å². The Kier molecular flexibility index (Phi) is 6.20. The third-order valence-electron chi connectivity index (χ3n) is 5.76. The van der Waals surface area contributed by atoms with Gasteiger partial charge in [0.05, 0.1) is 26.0 Å². The zero-order valence-electron chi connectivity index (χ0n) is 18.4. The van der Waals surface area contributed by atoms with Gasteiger partial charge in [0.1, 0.15) is 5.92 Å². The van der Waals surface area contributed by atoms with E-state index in [9.17, 15) is 9.59 Å². The van der Waals surface area contributed by atoms with Gasteiger partial charge < -0.3 is 14.2 Å². The standard InChI is InChI=1S/C25H24BrNO5/c1-5-31-18-11-16(17(26)12-19(18)32-6-2)21-20(25(29)30-4)13(3)27-23-14-9-7-8-10-15(14)24(28)22(21)23/h7-12,20-21H,5-6H2,1-4H3. The number of ether oxygens (including phenoxy) is 3. The molecular formula is C25H24BrNO5. The predicted octanol–water partition coefficient (Wildman–Crippen LogP) is 5.20. The summed E-state index contributed by atoms with van der Waals surface area (Å²) < 4.78 is 17.4. The van der Waals surface area contributed by atoms with Crippen LogP contribution in [0.4, 0.5) is 0 Å². The number of fused-ring (bicyclic) bond motifs is 2. The number of allylic oxidation sites excluding steroid dienone is 1. The van der Waals surface area contributed by atoms with Crippen LogP contribution in [0.3, 0.4) is 0 Å². The first kappa shape index (κ1) is 22.3. The molecule has 2 aromatic rings. The number of carbonyl (C=O) groups is 2. The van der Waals surface area contributed by atoms with Crippen LogP contribution in [0.1, 0.15) is 48.2 Å². The normalized spacial score (nSPS) is 19.3. The Morgan fingerprint density at radius 2 is 1.69 bits per heavy atom. The molecule has 2 aromatic carbocycles. The van der Waals surface area contributed by atoms with E-state index in [0.717, 1.165) is 11.1 Å². The molecule has 2 atom stereocenters. The summed E-state index contributed by atoms with van der Waals surface area (Å²) in [5, 5.41) is 0. The van der Waals surface area contributed by atoms with Gasteiger partial charge in [0.2, 0.25) is 0 Å². The number of esters is 1. The molecule has 4 rings (SSSR count). The van der Waals surface area contributed by atoms with Crippen molar-refractivity contribution in [3.05, 3.63) is 63.1 Å². The highest BCUT2D eigenvalue weighted by Gasteiger charge is 2.46. The Hall–Kier alpha value is -2.93. The molecule has 0 radical (unpaired) electrons. The fraction of sp³-hybridized carbons (Fsp3) is 0.320. The molecule has 7 heteroatoms. The lowest BCUT2D eigenvalue weighted by Crippen LogP contribution is -2.34. The first-order valence-electron chi connectivity index (χ1n) is 10.5. The maximum Gasteiger partial charge on any atom is 0.315 e. The number of rotatable bonds is 6. The van der Waals surface area contributed by atoms with Crippen molar-refractivity contribution < 1.29 is 23.8 Å². The Morgan fingerprint density at radius 3 is 2.31 bits per heavy atom. The van der Waals surface area contributed by atoms with Crippen LogP contribution >= 0.6 is 15.9 Å². The molecule has 6 nitrogen and oxygen atoms in total. The average molecular weight is 498 g/mol. The first-order valence-corrected chi connectivity index (χ1v) is 11.3. The summed E-state index contributed by atoms with van der Waals surface area (Å²) in [5.41, 5.74) is 3.84. The zero-order chi connectivity index (χ0) is 23.0. The minimum Gasteiger partial charge on any atom is -0.490 e. The molecule has 0 fully saturated rings. The third kappa shape index (κ3) is 3.54. The minimum absolute atomic E-state index is 0.121. The number of aliphatic imine (C=N–C) groups is 1. The second kappa shape index (κ2) is 8.90. The number of Topliss-reactive ketones (excluding diaryl/α,β-unsaturated/α-hetero) is 1. The summed E-state index contributed by atoms with van der Waals surface area (Å²) in [5.74, 6) is -0.730. The molecule has 2 aliphatic rings. The number of benzene rings is 2. The van der Waals surface area contributed by atoms with Crippen molar-refractivity contribution in [1.29, 1.82) is 0 Å². The van der Waals surface area contributed by atoms with Crippen LogP contribution in [-0.4, -0.2) is 37.8 Å². The molecule has 2 unspecified atom stereocenters. The molecule has 1 heterocycles. The van der Waals surface area contributed by atoms with Crippen molar-refractivity contribution in [2.45, 2.75) is 26.7 Å². The topological polar surface area (TPSA) is 74.2 Å². The molecule has 0 aromatic heterocycles. The van der Waals surface area contributed by atoms with Crippen LogP contribution in [-0.2, 0) is 9.53 Å². The summed E-state index contributed by atoms with van der Waals surface area (Å²) in [4.78, 5) is 31.1. The van der Waals surface area contributed by atoms with Crippen molar-refractivity contribution in [3.8, 4) is 11.5 Å². The highest BCUT2D eigenvalue weighted by molar-refractivity contribution is 9.10. The van der Waals surface area contributed by atoms with Crippen LogP contribution in [0.25, 0.3) is 5.70 Å². The molecule has 0 spiro atoms. The Morgan fingerprint density at radius 1 is 1.06 bits per heavy atom. The number of hydrogen-bond acceptors (Lipinski definition) is 6. The van der Waals surface area contributed by atoms with Gasteiger partial charge >= 0.3 is 5.97 Å². The van der Waals surface area contributed by atoms with Crippen LogP contribution in [0.2, 0.25) is 0 Å². The minimum atomic E-state index is -0.735. The lowest BCUT2D eigenvalue weighted by atomic mass is 9.75. The molecule has 0 amide bonds. The molecule has 32 heavy (non-hydrogen) atoms. The van der Waals surface area contributed by atoms with Crippen molar-refractivity contribution in [1.82, 2.24) is 0 Å². The van der Waals surface area contributed by atoms with Crippen molar-refractivity contribution in [2.75, 3.05) is 20.3 Å². The lowest BCUT2D eigenvalue weighted by Gasteiger charge is -2.31. The maximum absolute atomic E-state index is 13.5. The van der Waals surface area contributed by atoms with Gasteiger partial charge in [0.15, 0.2) is 17.3 Å². The van der Waals surface area contributed by atoms with Crippen LogP contribution in [0.5, 0.6) is 11.5 Å². The van der Waals surface area contributed by atoms with Gasteiger partial charge in [-0.25, -0.2) is 0 Å². The van der Waals surface area contributed by atoms with Crippen molar-refractivity contribution in [2.24, 2.45) is 10.9 Å². The molecule has 0 N–H and O–H groups in total. The first-order chi connectivity index (χ1) is 15.4. The fourth-order valence-corrected chi connectivity index (χ4v) is 5.01. The van der Waals surface area contributed by atoms with E-state index in [1.54, 1.807) is 13.0 Å². The summed E-state index contributed by atoms with van der Waals surface area (Å²) >= 11 is 3.65. The number of carbonyl (C=O) groups excluding carboxylic acids is 2. The number of methoxy groups -OCH3 is 1. The molecule has 0 saturated heterocycles. The van der Waals surface area contributed by atoms with Gasteiger partial charge in [0.25, 0.3) is 0 Å². The summed E-state index contributed by atoms with van der Waals surface area (Å²) in [7, 11) is 1.35. The number of halogens is 1. The van der Waals surface area contributed by atoms with E-state index in [1.165, 1.54) is 7.11 Å². The van der Waals surface area contributed by atoms with Crippen molar-refractivity contribution >= 4 is 39.1 Å². The molecular weight excluding hydrogens is 474 g/mol. The van der Waals surface area contributed by atoms with Gasteiger partial charge in [-0.15, -0.1) is 0 Å². The highest BCUT2D eigenvalue weighted by Crippen LogP contribution is 2.51. The van der Waals surface area contributed by atoms with E-state index in [4.69, 9.17) is 19.2 Å². The van der Waals surface area contributed by atoms with E-state index >= 15 is 0 Å². The number of nitrogens with zero attached hydrogens (tertiary/aromatic N) is 1.